The van der Waals surface area contributed by atoms with E-state index in [9.17, 15) is 4.79 Å². The van der Waals surface area contributed by atoms with Gasteiger partial charge >= 0.3 is 0 Å². The second kappa shape index (κ2) is 5.25. The molecule has 1 aromatic rings. The van der Waals surface area contributed by atoms with Gasteiger partial charge in [-0.15, -0.1) is 0 Å². The zero-order chi connectivity index (χ0) is 13.1. The highest BCUT2D eigenvalue weighted by Crippen LogP contribution is 2.33. The fourth-order valence-corrected chi connectivity index (χ4v) is 2.39. The number of hydrogen-bond acceptors (Lipinski definition) is 2. The number of amides is 1. The van der Waals surface area contributed by atoms with Crippen LogP contribution >= 0.6 is 0 Å². The van der Waals surface area contributed by atoms with E-state index >= 15 is 0 Å². The van der Waals surface area contributed by atoms with Crippen molar-refractivity contribution in [2.75, 3.05) is 25.0 Å². The Morgan fingerprint density at radius 2 is 2.28 bits per heavy atom. The van der Waals surface area contributed by atoms with Crippen molar-refractivity contribution in [3.63, 3.8) is 0 Å². The first-order valence-electron chi connectivity index (χ1n) is 6.34. The molecule has 0 fully saturated rings. The largest absolute Gasteiger partial charge is 0.370 e. The lowest BCUT2D eigenvalue weighted by Gasteiger charge is -2.28. The second-order valence-corrected chi connectivity index (χ2v) is 4.91. The van der Waals surface area contributed by atoms with Crippen LogP contribution in [0.5, 0.6) is 0 Å². The smallest absolute Gasteiger partial charge is 0.216 e. The number of fused-ring (bicyclic) bond motifs is 1. The number of hydrogen-bond donors (Lipinski definition) is 1. The Labute approximate surface area is 108 Å². The molecule has 0 bridgehead atoms. The molecule has 0 aromatic heterocycles. The quantitative estimate of drug-likeness (QED) is 0.885. The number of likely N-dealkylation sites (N-methyl/N-ethyl adjacent to an activating group) is 1. The van der Waals surface area contributed by atoms with Crippen molar-refractivity contribution in [1.82, 2.24) is 5.32 Å². The van der Waals surface area contributed by atoms with E-state index in [1.165, 1.54) is 16.8 Å². The lowest BCUT2D eigenvalue weighted by molar-refractivity contribution is -0.119. The number of para-hydroxylation sites is 1. The highest BCUT2D eigenvalue weighted by molar-refractivity contribution is 5.75. The molecule has 1 aliphatic rings. The molecule has 18 heavy (non-hydrogen) atoms. The van der Waals surface area contributed by atoms with E-state index in [2.05, 4.69) is 54.5 Å². The molecular formula is C15H20N2O. The topological polar surface area (TPSA) is 32.3 Å². The summed E-state index contributed by atoms with van der Waals surface area (Å²) in [4.78, 5) is 13.3. The SMILES string of the molecule is CC(=O)NC[C@@H](C)c1cccc2c1N(C)CC=C2. The summed E-state index contributed by atoms with van der Waals surface area (Å²) in [6, 6.07) is 6.37. The van der Waals surface area contributed by atoms with E-state index < -0.39 is 0 Å². The summed E-state index contributed by atoms with van der Waals surface area (Å²) in [5, 5.41) is 2.89. The van der Waals surface area contributed by atoms with Gasteiger partial charge in [0.2, 0.25) is 5.91 Å². The van der Waals surface area contributed by atoms with Crippen molar-refractivity contribution >= 4 is 17.7 Å². The fraction of sp³-hybridized carbons (Fsp3) is 0.400. The summed E-state index contributed by atoms with van der Waals surface area (Å²) < 4.78 is 0. The van der Waals surface area contributed by atoms with E-state index in [1.54, 1.807) is 6.92 Å². The number of rotatable bonds is 3. The number of carbonyl (C=O) groups is 1. The number of anilines is 1. The molecule has 0 radical (unpaired) electrons. The molecule has 1 aromatic carbocycles. The zero-order valence-electron chi connectivity index (χ0n) is 11.2. The van der Waals surface area contributed by atoms with Crippen LogP contribution in [0, 0.1) is 0 Å². The van der Waals surface area contributed by atoms with E-state index in [1.807, 2.05) is 0 Å². The molecule has 1 aliphatic heterocycles. The van der Waals surface area contributed by atoms with E-state index in [-0.39, 0.29) is 5.91 Å². The van der Waals surface area contributed by atoms with Crippen LogP contribution in [-0.2, 0) is 4.79 Å². The van der Waals surface area contributed by atoms with Gasteiger partial charge in [-0.25, -0.2) is 0 Å². The maximum atomic E-state index is 11.0. The zero-order valence-corrected chi connectivity index (χ0v) is 11.2. The summed E-state index contributed by atoms with van der Waals surface area (Å²) >= 11 is 0. The molecule has 2 rings (SSSR count). The first kappa shape index (κ1) is 12.7. The van der Waals surface area contributed by atoms with Gasteiger partial charge in [0, 0.05) is 38.7 Å². The van der Waals surface area contributed by atoms with Gasteiger partial charge in [0.25, 0.3) is 0 Å². The lowest BCUT2D eigenvalue weighted by atomic mass is 9.94. The van der Waals surface area contributed by atoms with E-state index in [4.69, 9.17) is 0 Å². The van der Waals surface area contributed by atoms with E-state index in [0.717, 1.165) is 6.54 Å². The van der Waals surface area contributed by atoms with Crippen LogP contribution < -0.4 is 10.2 Å². The normalized spacial score (nSPS) is 15.2. The average Bonchev–Trinajstić information content (AvgIpc) is 2.35. The Hall–Kier alpha value is -1.77. The molecule has 1 heterocycles. The maximum Gasteiger partial charge on any atom is 0.216 e. The van der Waals surface area contributed by atoms with E-state index in [0.29, 0.717) is 12.5 Å². The minimum atomic E-state index is 0.0277. The molecular weight excluding hydrogens is 224 g/mol. The van der Waals surface area contributed by atoms with Gasteiger partial charge in [-0.2, -0.15) is 0 Å². The Kier molecular flexibility index (Phi) is 3.70. The van der Waals surface area contributed by atoms with Gasteiger partial charge in [0.1, 0.15) is 0 Å². The predicted octanol–water partition coefficient (Wildman–Crippen LogP) is 2.39. The van der Waals surface area contributed by atoms with Crippen LogP contribution in [0.3, 0.4) is 0 Å². The molecule has 1 atom stereocenters. The van der Waals surface area contributed by atoms with Gasteiger partial charge in [0.15, 0.2) is 0 Å². The molecule has 3 nitrogen and oxygen atoms in total. The Bertz CT molecular complexity index is 479. The van der Waals surface area contributed by atoms with Gasteiger partial charge in [-0.1, -0.05) is 37.3 Å². The predicted molar refractivity (Wildman–Crippen MR) is 75.8 cm³/mol. The van der Waals surface area contributed by atoms with Crippen molar-refractivity contribution in [3.05, 3.63) is 35.4 Å². The average molecular weight is 244 g/mol. The van der Waals surface area contributed by atoms with Crippen molar-refractivity contribution in [1.29, 1.82) is 0 Å². The molecule has 1 N–H and O–H groups in total. The Balaban J connectivity index is 2.28. The van der Waals surface area contributed by atoms with Crippen LogP contribution in [0.25, 0.3) is 6.08 Å². The third kappa shape index (κ3) is 2.55. The minimum Gasteiger partial charge on any atom is -0.370 e. The molecule has 0 unspecified atom stereocenters. The Morgan fingerprint density at radius 1 is 1.50 bits per heavy atom. The van der Waals surface area contributed by atoms with Crippen LogP contribution in [0.15, 0.2) is 24.3 Å². The van der Waals surface area contributed by atoms with Gasteiger partial charge in [-0.3, -0.25) is 4.79 Å². The first-order chi connectivity index (χ1) is 8.59. The Morgan fingerprint density at radius 3 is 3.00 bits per heavy atom. The third-order valence-electron chi connectivity index (χ3n) is 3.34. The fourth-order valence-electron chi connectivity index (χ4n) is 2.39. The number of benzene rings is 1. The van der Waals surface area contributed by atoms with Gasteiger partial charge in [-0.05, 0) is 11.1 Å². The molecule has 0 spiro atoms. The molecule has 3 heteroatoms. The summed E-state index contributed by atoms with van der Waals surface area (Å²) in [5.41, 5.74) is 3.85. The highest BCUT2D eigenvalue weighted by atomic mass is 16.1. The molecule has 0 aliphatic carbocycles. The maximum absolute atomic E-state index is 11.0. The molecule has 96 valence electrons. The minimum absolute atomic E-state index is 0.0277. The molecule has 0 saturated carbocycles. The van der Waals surface area contributed by atoms with Gasteiger partial charge in [0.05, 0.1) is 0 Å². The van der Waals surface area contributed by atoms with Crippen LogP contribution in [0.2, 0.25) is 0 Å². The highest BCUT2D eigenvalue weighted by Gasteiger charge is 2.17. The van der Waals surface area contributed by atoms with Crippen LogP contribution in [0.1, 0.15) is 30.9 Å². The summed E-state index contributed by atoms with van der Waals surface area (Å²) in [7, 11) is 2.11. The monoisotopic (exact) mass is 244 g/mol. The van der Waals surface area contributed by atoms with Crippen molar-refractivity contribution in [3.8, 4) is 0 Å². The third-order valence-corrected chi connectivity index (χ3v) is 3.34. The number of nitrogens with one attached hydrogen (secondary N) is 1. The second-order valence-electron chi connectivity index (χ2n) is 4.91. The first-order valence-corrected chi connectivity index (χ1v) is 6.34. The summed E-state index contributed by atoms with van der Waals surface area (Å²) in [6.45, 7) is 5.33. The standard InChI is InChI=1S/C15H20N2O/c1-11(10-16-12(2)18)14-8-4-6-13-7-5-9-17(3)15(13)14/h4-8,11H,9-10H2,1-3H3,(H,16,18)/t11-/m1/s1. The van der Waals surface area contributed by atoms with Crippen molar-refractivity contribution in [2.24, 2.45) is 0 Å². The summed E-state index contributed by atoms with van der Waals surface area (Å²) in [6.07, 6.45) is 4.34. The van der Waals surface area contributed by atoms with Crippen LogP contribution in [0.4, 0.5) is 5.69 Å². The van der Waals surface area contributed by atoms with Crippen LogP contribution in [-0.4, -0.2) is 26.0 Å². The summed E-state index contributed by atoms with van der Waals surface area (Å²) in [5.74, 6) is 0.345. The molecule has 1 amide bonds. The number of nitrogens with zero attached hydrogens (tertiary/aromatic N) is 1. The number of carbonyl (C=O) groups excluding carboxylic acids is 1. The lowest BCUT2D eigenvalue weighted by Crippen LogP contribution is -2.27. The molecule has 0 saturated heterocycles. The van der Waals surface area contributed by atoms with Crippen molar-refractivity contribution in [2.45, 2.75) is 19.8 Å². The van der Waals surface area contributed by atoms with Crippen molar-refractivity contribution < 1.29 is 4.79 Å². The van der Waals surface area contributed by atoms with Gasteiger partial charge < -0.3 is 10.2 Å².